The number of benzene rings is 1. The summed E-state index contributed by atoms with van der Waals surface area (Å²) in [6.07, 6.45) is -4.14. The summed E-state index contributed by atoms with van der Waals surface area (Å²) in [7, 11) is 0. The maximum Gasteiger partial charge on any atom is 0.416 e. The van der Waals surface area contributed by atoms with Crippen LogP contribution in [-0.4, -0.2) is 42.4 Å². The highest BCUT2D eigenvalue weighted by Crippen LogP contribution is 2.35. The average molecular weight is 373 g/mol. The van der Waals surface area contributed by atoms with Crippen molar-refractivity contribution in [3.05, 3.63) is 35.4 Å². The lowest BCUT2D eigenvalue weighted by Gasteiger charge is -2.28. The van der Waals surface area contributed by atoms with Gasteiger partial charge in [0.25, 0.3) is 0 Å². The molecule has 0 spiro atoms. The summed E-state index contributed by atoms with van der Waals surface area (Å²) in [5, 5.41) is 0. The van der Waals surface area contributed by atoms with Gasteiger partial charge in [-0.1, -0.05) is 12.1 Å². The zero-order valence-corrected chi connectivity index (χ0v) is 15.6. The number of hydrogen-bond donors (Lipinski definition) is 0. The van der Waals surface area contributed by atoms with E-state index in [2.05, 4.69) is 0 Å². The maximum atomic E-state index is 12.7. The highest BCUT2D eigenvalue weighted by atomic mass is 19.4. The molecule has 1 aromatic rings. The number of rotatable bonds is 4. The van der Waals surface area contributed by atoms with Crippen LogP contribution >= 0.6 is 0 Å². The summed E-state index contributed by atoms with van der Waals surface area (Å²) in [5.74, 6) is -0.0461. The minimum atomic E-state index is -4.35. The predicted octanol–water partition coefficient (Wildman–Crippen LogP) is 4.83. The Kier molecular flexibility index (Phi) is 6.21. The van der Waals surface area contributed by atoms with Crippen LogP contribution in [0.1, 0.15) is 51.2 Å². The van der Waals surface area contributed by atoms with E-state index in [9.17, 15) is 18.0 Å². The summed E-state index contributed by atoms with van der Waals surface area (Å²) >= 11 is 0. The fourth-order valence-electron chi connectivity index (χ4n) is 3.06. The summed E-state index contributed by atoms with van der Waals surface area (Å²) in [5.41, 5.74) is -0.501. The van der Waals surface area contributed by atoms with Gasteiger partial charge in [0.15, 0.2) is 0 Å². The van der Waals surface area contributed by atoms with Gasteiger partial charge in [0.1, 0.15) is 5.60 Å². The minimum absolute atomic E-state index is 0.0461. The van der Waals surface area contributed by atoms with Gasteiger partial charge in [-0.3, -0.25) is 0 Å². The largest absolute Gasteiger partial charge is 0.444 e. The second-order valence-corrected chi connectivity index (χ2v) is 7.50. The van der Waals surface area contributed by atoms with Crippen molar-refractivity contribution in [1.29, 1.82) is 0 Å². The number of nitrogens with zero attached hydrogens (tertiary/aromatic N) is 1. The Morgan fingerprint density at radius 1 is 1.19 bits per heavy atom. The number of halogens is 3. The lowest BCUT2D eigenvalue weighted by atomic mass is 9.95. The van der Waals surface area contributed by atoms with Gasteiger partial charge in [-0.05, 0) is 51.8 Å². The normalized spacial score (nSPS) is 21.1. The van der Waals surface area contributed by atoms with Gasteiger partial charge in [-0.25, -0.2) is 4.79 Å². The molecule has 4 nitrogen and oxygen atoms in total. The van der Waals surface area contributed by atoms with E-state index in [1.54, 1.807) is 25.7 Å². The van der Waals surface area contributed by atoms with Gasteiger partial charge in [0.2, 0.25) is 0 Å². The van der Waals surface area contributed by atoms with Crippen LogP contribution in [-0.2, 0) is 15.7 Å². The van der Waals surface area contributed by atoms with Crippen molar-refractivity contribution in [3.63, 3.8) is 0 Å². The molecule has 1 unspecified atom stereocenters. The van der Waals surface area contributed by atoms with E-state index in [1.165, 1.54) is 12.1 Å². The molecule has 2 rings (SSSR count). The summed E-state index contributed by atoms with van der Waals surface area (Å²) in [4.78, 5) is 14.1. The Morgan fingerprint density at radius 3 is 2.31 bits per heavy atom. The minimum Gasteiger partial charge on any atom is -0.444 e. The van der Waals surface area contributed by atoms with E-state index in [-0.39, 0.29) is 12.0 Å². The van der Waals surface area contributed by atoms with E-state index in [1.807, 2.05) is 6.92 Å². The lowest BCUT2D eigenvalue weighted by Crippen LogP contribution is -2.41. The number of carbonyl (C=O) groups is 1. The predicted molar refractivity (Wildman–Crippen MR) is 92.0 cm³/mol. The molecule has 1 fully saturated rings. The van der Waals surface area contributed by atoms with E-state index in [0.29, 0.717) is 26.2 Å². The van der Waals surface area contributed by atoms with Crippen LogP contribution in [0.4, 0.5) is 18.0 Å². The fourth-order valence-corrected chi connectivity index (χ4v) is 3.06. The van der Waals surface area contributed by atoms with Crippen LogP contribution in [0.25, 0.3) is 0 Å². The Hall–Kier alpha value is -1.76. The maximum absolute atomic E-state index is 12.7. The molecule has 1 saturated heterocycles. The number of ether oxygens (including phenoxy) is 2. The number of carbonyl (C=O) groups excluding carboxylic acids is 1. The van der Waals surface area contributed by atoms with E-state index in [0.717, 1.165) is 17.7 Å². The van der Waals surface area contributed by atoms with Crippen molar-refractivity contribution < 1.29 is 27.4 Å². The first-order valence-electron chi connectivity index (χ1n) is 8.75. The summed E-state index contributed by atoms with van der Waals surface area (Å²) in [6, 6.07) is 5.00. The smallest absolute Gasteiger partial charge is 0.416 e. The first-order chi connectivity index (χ1) is 12.0. The van der Waals surface area contributed by atoms with Crippen LogP contribution < -0.4 is 0 Å². The van der Waals surface area contributed by atoms with Crippen LogP contribution in [0.2, 0.25) is 0 Å². The molecule has 146 valence electrons. The summed E-state index contributed by atoms with van der Waals surface area (Å²) in [6.45, 7) is 8.58. The highest BCUT2D eigenvalue weighted by molar-refractivity contribution is 5.69. The molecule has 0 radical (unpaired) electrons. The molecule has 0 N–H and O–H groups in total. The van der Waals surface area contributed by atoms with Gasteiger partial charge in [0, 0.05) is 19.1 Å². The van der Waals surface area contributed by atoms with Gasteiger partial charge in [-0.15, -0.1) is 0 Å². The SMILES string of the molecule is CCOC[C@@H]1CC(c2ccc(C(F)(F)F)cc2)CN1C(=O)OC(C)(C)C. The Labute approximate surface area is 152 Å². The third-order valence-corrected chi connectivity index (χ3v) is 4.27. The molecule has 2 atom stereocenters. The molecule has 1 heterocycles. The molecule has 1 aromatic carbocycles. The number of hydrogen-bond acceptors (Lipinski definition) is 3. The molecule has 0 bridgehead atoms. The molecule has 1 aliphatic heterocycles. The quantitative estimate of drug-likeness (QED) is 0.758. The van der Waals surface area contributed by atoms with Gasteiger partial charge in [-0.2, -0.15) is 13.2 Å². The van der Waals surface area contributed by atoms with E-state index < -0.39 is 23.4 Å². The topological polar surface area (TPSA) is 38.8 Å². The second kappa shape index (κ2) is 7.86. The number of amides is 1. The van der Waals surface area contributed by atoms with Crippen molar-refractivity contribution >= 4 is 6.09 Å². The van der Waals surface area contributed by atoms with Crippen LogP contribution in [0.3, 0.4) is 0 Å². The molecular formula is C19H26F3NO3. The third-order valence-electron chi connectivity index (χ3n) is 4.27. The standard InChI is InChI=1S/C19H26F3NO3/c1-5-25-12-16-10-14(11-23(16)17(24)26-18(2,3)4)13-6-8-15(9-7-13)19(20,21)22/h6-9,14,16H,5,10-12H2,1-4H3/t14?,16-/m0/s1. The molecule has 0 aromatic heterocycles. The lowest BCUT2D eigenvalue weighted by molar-refractivity contribution is -0.137. The van der Waals surface area contributed by atoms with Gasteiger partial charge in [0.05, 0.1) is 18.2 Å². The average Bonchev–Trinajstić information content (AvgIpc) is 2.95. The third kappa shape index (κ3) is 5.37. The Balaban J connectivity index is 2.14. The summed E-state index contributed by atoms with van der Waals surface area (Å²) < 4.78 is 49.2. The zero-order chi connectivity index (χ0) is 19.5. The van der Waals surface area contributed by atoms with Crippen molar-refractivity contribution in [3.8, 4) is 0 Å². The van der Waals surface area contributed by atoms with Crippen molar-refractivity contribution in [2.75, 3.05) is 19.8 Å². The molecule has 26 heavy (non-hydrogen) atoms. The Morgan fingerprint density at radius 2 is 1.81 bits per heavy atom. The van der Waals surface area contributed by atoms with Crippen molar-refractivity contribution in [2.45, 2.75) is 57.9 Å². The molecule has 7 heteroatoms. The highest BCUT2D eigenvalue weighted by Gasteiger charge is 2.38. The molecule has 1 amide bonds. The van der Waals surface area contributed by atoms with Crippen molar-refractivity contribution in [1.82, 2.24) is 4.90 Å². The molecule has 0 saturated carbocycles. The van der Waals surface area contributed by atoms with Gasteiger partial charge < -0.3 is 14.4 Å². The molecule has 0 aliphatic carbocycles. The monoisotopic (exact) mass is 373 g/mol. The van der Waals surface area contributed by atoms with Crippen LogP contribution in [0.5, 0.6) is 0 Å². The fraction of sp³-hybridized carbons (Fsp3) is 0.632. The first-order valence-corrected chi connectivity index (χ1v) is 8.75. The second-order valence-electron chi connectivity index (χ2n) is 7.50. The zero-order valence-electron chi connectivity index (χ0n) is 15.6. The number of likely N-dealkylation sites (tertiary alicyclic amines) is 1. The number of alkyl halides is 3. The Bertz CT molecular complexity index is 608. The molecule has 1 aliphatic rings. The molecular weight excluding hydrogens is 347 g/mol. The van der Waals surface area contributed by atoms with Crippen molar-refractivity contribution in [2.24, 2.45) is 0 Å². The first kappa shape index (κ1) is 20.6. The van der Waals surface area contributed by atoms with Crippen LogP contribution in [0, 0.1) is 0 Å². The van der Waals surface area contributed by atoms with Gasteiger partial charge >= 0.3 is 12.3 Å². The van der Waals surface area contributed by atoms with E-state index >= 15 is 0 Å². The van der Waals surface area contributed by atoms with Crippen LogP contribution in [0.15, 0.2) is 24.3 Å². The van der Waals surface area contributed by atoms with E-state index in [4.69, 9.17) is 9.47 Å².